The van der Waals surface area contributed by atoms with Crippen molar-refractivity contribution < 1.29 is 14.3 Å². The van der Waals surface area contributed by atoms with Gasteiger partial charge < -0.3 is 10.1 Å². The van der Waals surface area contributed by atoms with Gasteiger partial charge in [-0.1, -0.05) is 50.7 Å². The first kappa shape index (κ1) is 20.4. The van der Waals surface area contributed by atoms with Crippen molar-refractivity contribution in [3.63, 3.8) is 0 Å². The molecule has 1 amide bonds. The number of nitrogens with zero attached hydrogens (tertiary/aromatic N) is 3. The standard InChI is InChI=1S/C19H32N4O3/c1-3-8-16(13-18(24)26-4-2)20-19(25)17-14-23(22-21-17)12-11-15-9-6-5-7-10-15/h14-16H,3-13H2,1-2H3,(H,20,25). The second-order valence-corrected chi connectivity index (χ2v) is 7.13. The molecule has 0 aliphatic heterocycles. The zero-order valence-electron chi connectivity index (χ0n) is 16.1. The summed E-state index contributed by atoms with van der Waals surface area (Å²) in [6, 6.07) is -0.237. The quantitative estimate of drug-likeness (QED) is 0.645. The summed E-state index contributed by atoms with van der Waals surface area (Å²) < 4.78 is 6.73. The Labute approximate surface area is 155 Å². The molecule has 1 aliphatic carbocycles. The van der Waals surface area contributed by atoms with Crippen molar-refractivity contribution in [3.05, 3.63) is 11.9 Å². The molecule has 7 heteroatoms. The Morgan fingerprint density at radius 3 is 2.77 bits per heavy atom. The van der Waals surface area contributed by atoms with E-state index in [1.165, 1.54) is 32.1 Å². The van der Waals surface area contributed by atoms with E-state index >= 15 is 0 Å². The molecule has 0 radical (unpaired) electrons. The monoisotopic (exact) mass is 364 g/mol. The van der Waals surface area contributed by atoms with E-state index in [1.54, 1.807) is 17.8 Å². The van der Waals surface area contributed by atoms with Gasteiger partial charge in [-0.2, -0.15) is 0 Å². The molecule has 1 heterocycles. The van der Waals surface area contributed by atoms with Gasteiger partial charge in [-0.05, 0) is 25.7 Å². The van der Waals surface area contributed by atoms with Crippen molar-refractivity contribution in [3.8, 4) is 0 Å². The van der Waals surface area contributed by atoms with Gasteiger partial charge in [0, 0.05) is 12.6 Å². The molecule has 1 unspecified atom stereocenters. The Bertz CT molecular complexity index is 567. The molecule has 2 rings (SSSR count). The van der Waals surface area contributed by atoms with Crippen molar-refractivity contribution in [1.82, 2.24) is 20.3 Å². The van der Waals surface area contributed by atoms with Crippen molar-refractivity contribution in [2.24, 2.45) is 5.92 Å². The molecule has 7 nitrogen and oxygen atoms in total. The lowest BCUT2D eigenvalue weighted by Gasteiger charge is -2.20. The Kier molecular flexibility index (Phi) is 8.58. The van der Waals surface area contributed by atoms with Gasteiger partial charge in [0.1, 0.15) is 0 Å². The van der Waals surface area contributed by atoms with Crippen LogP contribution in [0.25, 0.3) is 0 Å². The topological polar surface area (TPSA) is 86.1 Å². The molecule has 1 aromatic heterocycles. The van der Waals surface area contributed by atoms with Crippen LogP contribution in [0.1, 0.15) is 82.1 Å². The molecule has 0 aromatic carbocycles. The number of esters is 1. The maximum absolute atomic E-state index is 12.4. The SMILES string of the molecule is CCCC(CC(=O)OCC)NC(=O)c1cn(CCC2CCCCC2)nn1. The lowest BCUT2D eigenvalue weighted by Crippen LogP contribution is -2.37. The van der Waals surface area contributed by atoms with Crippen molar-refractivity contribution >= 4 is 11.9 Å². The Morgan fingerprint density at radius 1 is 1.31 bits per heavy atom. The van der Waals surface area contributed by atoms with Gasteiger partial charge in [-0.25, -0.2) is 0 Å². The molecular weight excluding hydrogens is 332 g/mol. The highest BCUT2D eigenvalue weighted by atomic mass is 16.5. The average molecular weight is 364 g/mol. The maximum Gasteiger partial charge on any atom is 0.307 e. The Hall–Kier alpha value is -1.92. The Balaban J connectivity index is 1.83. The van der Waals surface area contributed by atoms with E-state index in [0.717, 1.165) is 31.7 Å². The highest BCUT2D eigenvalue weighted by molar-refractivity contribution is 5.92. The zero-order chi connectivity index (χ0) is 18.8. The fourth-order valence-electron chi connectivity index (χ4n) is 3.56. The number of aromatic nitrogens is 3. The van der Waals surface area contributed by atoms with E-state index in [0.29, 0.717) is 12.3 Å². The third-order valence-electron chi connectivity index (χ3n) is 4.95. The van der Waals surface area contributed by atoms with Crippen molar-refractivity contribution in [1.29, 1.82) is 0 Å². The fraction of sp³-hybridized carbons (Fsp3) is 0.789. The summed E-state index contributed by atoms with van der Waals surface area (Å²) in [5.74, 6) is 0.197. The van der Waals surface area contributed by atoms with E-state index in [-0.39, 0.29) is 24.3 Å². The number of carbonyl (C=O) groups is 2. The first-order chi connectivity index (χ1) is 12.6. The summed E-state index contributed by atoms with van der Waals surface area (Å²) in [5.41, 5.74) is 0.304. The van der Waals surface area contributed by atoms with Gasteiger partial charge in [0.25, 0.3) is 5.91 Å². The second-order valence-electron chi connectivity index (χ2n) is 7.13. The van der Waals surface area contributed by atoms with Crippen LogP contribution >= 0.6 is 0 Å². The Morgan fingerprint density at radius 2 is 2.08 bits per heavy atom. The summed E-state index contributed by atoms with van der Waals surface area (Å²) in [7, 11) is 0. The number of carbonyl (C=O) groups excluding carboxylic acids is 2. The van der Waals surface area contributed by atoms with Crippen LogP contribution in [0, 0.1) is 5.92 Å². The molecule has 1 aromatic rings. The summed E-state index contributed by atoms with van der Waals surface area (Å²) >= 11 is 0. The van der Waals surface area contributed by atoms with Crippen molar-refractivity contribution in [2.45, 2.75) is 84.2 Å². The number of hydrogen-bond donors (Lipinski definition) is 1. The number of amides is 1. The number of rotatable bonds is 10. The molecule has 0 spiro atoms. The van der Waals surface area contributed by atoms with E-state index in [4.69, 9.17) is 4.74 Å². The minimum atomic E-state index is -0.289. The molecule has 146 valence electrons. The number of nitrogens with one attached hydrogen (secondary N) is 1. The highest BCUT2D eigenvalue weighted by Crippen LogP contribution is 2.26. The highest BCUT2D eigenvalue weighted by Gasteiger charge is 2.20. The molecule has 1 atom stereocenters. The van der Waals surface area contributed by atoms with E-state index in [2.05, 4.69) is 15.6 Å². The lowest BCUT2D eigenvalue weighted by atomic mass is 9.87. The summed E-state index contributed by atoms with van der Waals surface area (Å²) in [4.78, 5) is 24.1. The summed E-state index contributed by atoms with van der Waals surface area (Å²) in [6.07, 6.45) is 11.2. The van der Waals surface area contributed by atoms with E-state index < -0.39 is 0 Å². The molecule has 1 aliphatic rings. The van der Waals surface area contributed by atoms with Crippen molar-refractivity contribution in [2.75, 3.05) is 6.61 Å². The molecule has 1 fully saturated rings. The molecule has 26 heavy (non-hydrogen) atoms. The largest absolute Gasteiger partial charge is 0.466 e. The minimum absolute atomic E-state index is 0.184. The van der Waals surface area contributed by atoms with Gasteiger partial charge in [0.2, 0.25) is 0 Å². The normalized spacial score (nSPS) is 16.2. The molecule has 1 saturated carbocycles. The predicted octanol–water partition coefficient (Wildman–Crippen LogP) is 3.10. The van der Waals surface area contributed by atoms with Crippen LogP contribution in [-0.2, 0) is 16.1 Å². The van der Waals surface area contributed by atoms with Gasteiger partial charge in [-0.3, -0.25) is 14.3 Å². The van der Waals surface area contributed by atoms with E-state index in [1.807, 2.05) is 6.92 Å². The number of hydrogen-bond acceptors (Lipinski definition) is 5. The average Bonchev–Trinajstić information content (AvgIpc) is 3.10. The van der Waals surface area contributed by atoms with Gasteiger partial charge in [-0.15, -0.1) is 5.10 Å². The van der Waals surface area contributed by atoms with Crippen LogP contribution in [0.4, 0.5) is 0 Å². The number of ether oxygens (including phenoxy) is 1. The van der Waals surface area contributed by atoms with Crippen LogP contribution in [-0.4, -0.2) is 39.5 Å². The van der Waals surface area contributed by atoms with Crippen LogP contribution in [0.2, 0.25) is 0 Å². The fourth-order valence-corrected chi connectivity index (χ4v) is 3.56. The second kappa shape index (κ2) is 10.9. The van der Waals surface area contributed by atoms with Gasteiger partial charge in [0.05, 0.1) is 19.2 Å². The molecular formula is C19H32N4O3. The number of aryl methyl sites for hydroxylation is 1. The third kappa shape index (κ3) is 6.77. The van der Waals surface area contributed by atoms with Crippen LogP contribution in [0.3, 0.4) is 0 Å². The van der Waals surface area contributed by atoms with E-state index in [9.17, 15) is 9.59 Å². The zero-order valence-corrected chi connectivity index (χ0v) is 16.1. The van der Waals surface area contributed by atoms with Crippen LogP contribution in [0.5, 0.6) is 0 Å². The smallest absolute Gasteiger partial charge is 0.307 e. The van der Waals surface area contributed by atoms with Gasteiger partial charge >= 0.3 is 5.97 Å². The summed E-state index contributed by atoms with van der Waals surface area (Å²) in [6.45, 7) is 4.94. The van der Waals surface area contributed by atoms with Crippen LogP contribution < -0.4 is 5.32 Å². The predicted molar refractivity (Wildman–Crippen MR) is 98.6 cm³/mol. The van der Waals surface area contributed by atoms with Gasteiger partial charge in [0.15, 0.2) is 5.69 Å². The first-order valence-corrected chi connectivity index (χ1v) is 9.99. The summed E-state index contributed by atoms with van der Waals surface area (Å²) in [5, 5.41) is 11.0. The minimum Gasteiger partial charge on any atom is -0.466 e. The molecule has 0 bridgehead atoms. The molecule has 1 N–H and O–H groups in total. The first-order valence-electron chi connectivity index (χ1n) is 9.99. The maximum atomic E-state index is 12.4. The molecule has 0 saturated heterocycles. The van der Waals surface area contributed by atoms with Crippen LogP contribution in [0.15, 0.2) is 6.20 Å². The third-order valence-corrected chi connectivity index (χ3v) is 4.95. The lowest BCUT2D eigenvalue weighted by molar-refractivity contribution is -0.143.